The second-order valence-electron chi connectivity index (χ2n) is 8.13. The molecule has 0 spiro atoms. The molecule has 1 aromatic carbocycles. The van der Waals surface area contributed by atoms with Crippen molar-refractivity contribution in [2.45, 2.75) is 58.7 Å². The van der Waals surface area contributed by atoms with Crippen molar-refractivity contribution in [3.63, 3.8) is 0 Å². The average molecular weight is 411 g/mol. The highest BCUT2D eigenvalue weighted by Gasteiger charge is 2.22. The van der Waals surface area contributed by atoms with Gasteiger partial charge in [-0.15, -0.1) is 0 Å². The maximum Gasteiger partial charge on any atom is 0.407 e. The van der Waals surface area contributed by atoms with Gasteiger partial charge >= 0.3 is 12.1 Å². The Morgan fingerprint density at radius 1 is 1.17 bits per heavy atom. The van der Waals surface area contributed by atoms with Crippen LogP contribution in [0.3, 0.4) is 0 Å². The first-order valence-corrected chi connectivity index (χ1v) is 9.78. The molecule has 164 valence electrons. The molecule has 8 nitrogen and oxygen atoms in total. The van der Waals surface area contributed by atoms with Crippen molar-refractivity contribution < 1.29 is 29.6 Å². The highest BCUT2D eigenvalue weighted by atomic mass is 16.6. The summed E-state index contributed by atoms with van der Waals surface area (Å²) in [6, 6.07) is 5.28. The van der Waals surface area contributed by atoms with E-state index < -0.39 is 23.7 Å². The highest BCUT2D eigenvalue weighted by Crippen LogP contribution is 2.17. The van der Waals surface area contributed by atoms with Gasteiger partial charge in [-0.1, -0.05) is 18.2 Å². The number of hydrogen-bond donors (Lipinski definition) is 4. The molecule has 0 aromatic heterocycles. The van der Waals surface area contributed by atoms with Crippen molar-refractivity contribution in [2.75, 3.05) is 26.3 Å². The SMILES string of the molecule is Cc1ccc(CN(CCO)CCO)cc1C[C@@H](CC(=O)O)NC(=O)OC(C)(C)C. The van der Waals surface area contributed by atoms with Gasteiger partial charge in [-0.2, -0.15) is 0 Å². The van der Waals surface area contributed by atoms with Crippen molar-refractivity contribution in [1.82, 2.24) is 10.2 Å². The Morgan fingerprint density at radius 3 is 2.31 bits per heavy atom. The molecule has 1 amide bonds. The van der Waals surface area contributed by atoms with Crippen molar-refractivity contribution in [2.24, 2.45) is 0 Å². The van der Waals surface area contributed by atoms with Crippen molar-refractivity contribution in [3.8, 4) is 0 Å². The number of carbonyl (C=O) groups excluding carboxylic acids is 1. The minimum absolute atomic E-state index is 0.000781. The Balaban J connectivity index is 2.94. The Hall–Kier alpha value is -2.16. The van der Waals surface area contributed by atoms with Crippen molar-refractivity contribution >= 4 is 12.1 Å². The molecule has 1 atom stereocenters. The summed E-state index contributed by atoms with van der Waals surface area (Å²) in [6.07, 6.45) is -0.510. The highest BCUT2D eigenvalue weighted by molar-refractivity contribution is 5.71. The van der Waals surface area contributed by atoms with Gasteiger partial charge in [-0.05, 0) is 50.8 Å². The van der Waals surface area contributed by atoms with Gasteiger partial charge in [0.15, 0.2) is 0 Å². The van der Waals surface area contributed by atoms with E-state index in [0.717, 1.165) is 16.7 Å². The number of carboxylic acids is 1. The minimum atomic E-state index is -1.00. The molecule has 0 bridgehead atoms. The van der Waals surface area contributed by atoms with Crippen LogP contribution in [0.5, 0.6) is 0 Å². The zero-order chi connectivity index (χ0) is 22.0. The number of amides is 1. The first kappa shape index (κ1) is 24.9. The van der Waals surface area contributed by atoms with E-state index in [2.05, 4.69) is 5.32 Å². The lowest BCUT2D eigenvalue weighted by molar-refractivity contribution is -0.137. The summed E-state index contributed by atoms with van der Waals surface area (Å²) in [4.78, 5) is 25.3. The fraction of sp³-hybridized carbons (Fsp3) is 0.619. The number of aryl methyl sites for hydroxylation is 1. The van der Waals surface area contributed by atoms with Crippen LogP contribution in [0.1, 0.15) is 43.9 Å². The van der Waals surface area contributed by atoms with Crippen LogP contribution >= 0.6 is 0 Å². The van der Waals surface area contributed by atoms with Crippen LogP contribution in [0.25, 0.3) is 0 Å². The molecular weight excluding hydrogens is 376 g/mol. The number of carbonyl (C=O) groups is 2. The van der Waals surface area contributed by atoms with E-state index in [1.807, 2.05) is 30.0 Å². The molecule has 0 fully saturated rings. The van der Waals surface area contributed by atoms with Gasteiger partial charge in [-0.25, -0.2) is 4.79 Å². The summed E-state index contributed by atoms with van der Waals surface area (Å²) < 4.78 is 5.25. The van der Waals surface area contributed by atoms with E-state index in [4.69, 9.17) is 4.74 Å². The van der Waals surface area contributed by atoms with Crippen LogP contribution in [0.2, 0.25) is 0 Å². The standard InChI is InChI=1S/C21H34N2O6/c1-15-5-6-16(14-23(7-9-24)8-10-25)11-17(15)12-18(13-19(26)27)22-20(28)29-21(2,3)4/h5-6,11,18,24-25H,7-10,12-14H2,1-4H3,(H,22,28)(H,26,27)/t18-/m0/s1. The normalized spacial score (nSPS) is 12.7. The smallest absolute Gasteiger partial charge is 0.407 e. The molecule has 0 aliphatic rings. The maximum absolute atomic E-state index is 12.1. The number of carboxylic acid groups (broad SMARTS) is 1. The van der Waals surface area contributed by atoms with Crippen LogP contribution in [0.15, 0.2) is 18.2 Å². The minimum Gasteiger partial charge on any atom is -0.481 e. The molecule has 0 radical (unpaired) electrons. The van der Waals surface area contributed by atoms with E-state index in [-0.39, 0.29) is 19.6 Å². The lowest BCUT2D eigenvalue weighted by Gasteiger charge is -2.24. The number of hydrogen-bond acceptors (Lipinski definition) is 6. The third kappa shape index (κ3) is 10.3. The van der Waals surface area contributed by atoms with Gasteiger partial charge in [0.05, 0.1) is 19.6 Å². The Labute approximate surface area is 172 Å². The summed E-state index contributed by atoms with van der Waals surface area (Å²) >= 11 is 0. The lowest BCUT2D eigenvalue weighted by atomic mass is 9.97. The molecule has 0 aliphatic carbocycles. The molecule has 0 saturated carbocycles. The van der Waals surface area contributed by atoms with Gasteiger partial charge in [0, 0.05) is 25.7 Å². The van der Waals surface area contributed by atoms with Gasteiger partial charge < -0.3 is 25.4 Å². The second-order valence-corrected chi connectivity index (χ2v) is 8.13. The number of aliphatic hydroxyl groups is 2. The van der Waals surface area contributed by atoms with Crippen LogP contribution in [0, 0.1) is 6.92 Å². The maximum atomic E-state index is 12.1. The Bertz CT molecular complexity index is 666. The molecule has 0 heterocycles. The quantitative estimate of drug-likeness (QED) is 0.438. The Morgan fingerprint density at radius 2 is 1.79 bits per heavy atom. The van der Waals surface area contributed by atoms with Crippen molar-refractivity contribution in [3.05, 3.63) is 34.9 Å². The van der Waals surface area contributed by atoms with Gasteiger partial charge in [-0.3, -0.25) is 9.69 Å². The largest absolute Gasteiger partial charge is 0.481 e. The summed E-state index contributed by atoms with van der Waals surface area (Å²) in [7, 11) is 0. The summed E-state index contributed by atoms with van der Waals surface area (Å²) in [5.41, 5.74) is 2.24. The van der Waals surface area contributed by atoms with Crippen LogP contribution in [-0.2, 0) is 22.5 Å². The number of aliphatic carboxylic acids is 1. The molecule has 0 unspecified atom stereocenters. The summed E-state index contributed by atoms with van der Waals surface area (Å²) in [5, 5.41) is 30.2. The second kappa shape index (κ2) is 11.7. The topological polar surface area (TPSA) is 119 Å². The van der Waals surface area contributed by atoms with E-state index >= 15 is 0 Å². The fourth-order valence-corrected chi connectivity index (χ4v) is 2.98. The zero-order valence-electron chi connectivity index (χ0n) is 17.8. The molecule has 1 aromatic rings. The lowest BCUT2D eigenvalue weighted by Crippen LogP contribution is -2.41. The van der Waals surface area contributed by atoms with E-state index in [9.17, 15) is 24.9 Å². The molecule has 1 rings (SSSR count). The summed E-state index contributed by atoms with van der Waals surface area (Å²) in [6.45, 7) is 8.63. The summed E-state index contributed by atoms with van der Waals surface area (Å²) in [5.74, 6) is -1.00. The molecule has 0 aliphatic heterocycles. The zero-order valence-corrected chi connectivity index (χ0v) is 17.8. The number of rotatable bonds is 11. The number of alkyl carbamates (subject to hydrolysis) is 1. The first-order chi connectivity index (χ1) is 13.5. The monoisotopic (exact) mass is 410 g/mol. The number of benzene rings is 1. The average Bonchev–Trinajstić information content (AvgIpc) is 2.56. The third-order valence-corrected chi connectivity index (χ3v) is 4.26. The Kier molecular flexibility index (Phi) is 10.1. The van der Waals surface area contributed by atoms with E-state index in [1.54, 1.807) is 20.8 Å². The van der Waals surface area contributed by atoms with Gasteiger partial charge in [0.25, 0.3) is 0 Å². The van der Waals surface area contributed by atoms with E-state index in [0.29, 0.717) is 26.1 Å². The number of aliphatic hydroxyl groups excluding tert-OH is 2. The third-order valence-electron chi connectivity index (χ3n) is 4.26. The molecule has 29 heavy (non-hydrogen) atoms. The number of ether oxygens (including phenoxy) is 1. The van der Waals surface area contributed by atoms with Gasteiger partial charge in [0.1, 0.15) is 5.60 Å². The predicted molar refractivity (Wildman–Crippen MR) is 110 cm³/mol. The van der Waals surface area contributed by atoms with Crippen LogP contribution < -0.4 is 5.32 Å². The molecule has 4 N–H and O–H groups in total. The van der Waals surface area contributed by atoms with Gasteiger partial charge in [0.2, 0.25) is 0 Å². The fourth-order valence-electron chi connectivity index (χ4n) is 2.98. The molecular formula is C21H34N2O6. The van der Waals surface area contributed by atoms with Crippen LogP contribution in [-0.4, -0.2) is 70.2 Å². The number of nitrogens with zero attached hydrogens (tertiary/aromatic N) is 1. The first-order valence-electron chi connectivity index (χ1n) is 9.78. The van der Waals surface area contributed by atoms with Crippen LogP contribution in [0.4, 0.5) is 4.79 Å². The van der Waals surface area contributed by atoms with Crippen molar-refractivity contribution in [1.29, 1.82) is 0 Å². The number of nitrogens with one attached hydrogen (secondary N) is 1. The molecule has 8 heteroatoms. The molecule has 0 saturated heterocycles. The predicted octanol–water partition coefficient (Wildman–Crippen LogP) is 1.69. The van der Waals surface area contributed by atoms with E-state index in [1.165, 1.54) is 0 Å².